The van der Waals surface area contributed by atoms with Crippen molar-refractivity contribution in [3.8, 4) is 11.4 Å². The molecular weight excluding hydrogens is 456 g/mol. The second kappa shape index (κ2) is 9.06. The molecule has 0 spiro atoms. The highest BCUT2D eigenvalue weighted by Crippen LogP contribution is 2.24. The van der Waals surface area contributed by atoms with Gasteiger partial charge in [0.15, 0.2) is 0 Å². The lowest BCUT2D eigenvalue weighted by Gasteiger charge is -2.11. The summed E-state index contributed by atoms with van der Waals surface area (Å²) in [5.41, 5.74) is 4.03. The van der Waals surface area contributed by atoms with Crippen LogP contribution in [0.5, 0.6) is 0 Å². The van der Waals surface area contributed by atoms with E-state index in [2.05, 4.69) is 36.5 Å². The summed E-state index contributed by atoms with van der Waals surface area (Å²) >= 11 is 3.40. The van der Waals surface area contributed by atoms with Gasteiger partial charge in [-0.1, -0.05) is 40.2 Å². The van der Waals surface area contributed by atoms with Gasteiger partial charge in [0.2, 0.25) is 5.91 Å². The van der Waals surface area contributed by atoms with Crippen molar-refractivity contribution in [1.82, 2.24) is 15.3 Å². The zero-order chi connectivity index (χ0) is 21.8. The molecule has 0 aliphatic rings. The summed E-state index contributed by atoms with van der Waals surface area (Å²) in [6.45, 7) is 1.76. The van der Waals surface area contributed by atoms with Crippen molar-refractivity contribution in [2.75, 3.05) is 11.9 Å². The Morgan fingerprint density at radius 2 is 1.77 bits per heavy atom. The molecule has 0 fully saturated rings. The topological polar surface area (TPSA) is 84.0 Å². The minimum atomic E-state index is -0.349. The fourth-order valence-electron chi connectivity index (χ4n) is 3.23. The number of para-hydroxylation sites is 1. The van der Waals surface area contributed by atoms with Crippen LogP contribution in [0.15, 0.2) is 77.4 Å². The number of nitrogens with one attached hydrogen (secondary N) is 2. The standard InChI is InChI=1S/C24H19BrN4O2/c1-15-12-16(25)9-10-19(15)29-23(30)14-27-24(31)18-13-22(21-8-4-5-11-26-21)28-20-7-3-2-6-17(18)20/h2-13H,14H2,1H3,(H,27,31)(H,29,30). The summed E-state index contributed by atoms with van der Waals surface area (Å²) in [5.74, 6) is -0.652. The largest absolute Gasteiger partial charge is 0.343 e. The first-order valence-corrected chi connectivity index (χ1v) is 10.5. The zero-order valence-corrected chi connectivity index (χ0v) is 18.3. The Hall–Kier alpha value is -3.58. The van der Waals surface area contributed by atoms with Crippen LogP contribution in [0, 0.1) is 6.92 Å². The van der Waals surface area contributed by atoms with Crippen molar-refractivity contribution < 1.29 is 9.59 Å². The maximum absolute atomic E-state index is 13.0. The smallest absolute Gasteiger partial charge is 0.252 e. The molecule has 2 aromatic heterocycles. The first-order chi connectivity index (χ1) is 15.0. The number of fused-ring (bicyclic) bond motifs is 1. The minimum absolute atomic E-state index is 0.149. The fourth-order valence-corrected chi connectivity index (χ4v) is 3.70. The molecule has 7 heteroatoms. The molecule has 0 saturated heterocycles. The van der Waals surface area contributed by atoms with E-state index >= 15 is 0 Å². The molecule has 154 valence electrons. The lowest BCUT2D eigenvalue weighted by molar-refractivity contribution is -0.115. The molecule has 0 atom stereocenters. The first-order valence-electron chi connectivity index (χ1n) is 9.66. The van der Waals surface area contributed by atoms with Crippen LogP contribution in [-0.2, 0) is 4.79 Å². The van der Waals surface area contributed by atoms with E-state index in [0.717, 1.165) is 10.0 Å². The molecule has 0 saturated carbocycles. The van der Waals surface area contributed by atoms with Crippen LogP contribution in [0.4, 0.5) is 5.69 Å². The zero-order valence-electron chi connectivity index (χ0n) is 16.7. The lowest BCUT2D eigenvalue weighted by atomic mass is 10.1. The molecule has 31 heavy (non-hydrogen) atoms. The highest BCUT2D eigenvalue weighted by atomic mass is 79.9. The van der Waals surface area contributed by atoms with Gasteiger partial charge in [-0.3, -0.25) is 14.6 Å². The van der Waals surface area contributed by atoms with E-state index in [1.807, 2.05) is 67.6 Å². The molecule has 4 aromatic rings. The van der Waals surface area contributed by atoms with Crippen molar-refractivity contribution in [3.63, 3.8) is 0 Å². The average molecular weight is 475 g/mol. The summed E-state index contributed by atoms with van der Waals surface area (Å²) in [5, 5.41) is 6.25. The molecule has 0 radical (unpaired) electrons. The number of hydrogen-bond donors (Lipinski definition) is 2. The first kappa shape index (κ1) is 20.7. The fraction of sp³-hybridized carbons (Fsp3) is 0.0833. The minimum Gasteiger partial charge on any atom is -0.343 e. The Morgan fingerprint density at radius 3 is 2.55 bits per heavy atom. The number of nitrogens with zero attached hydrogens (tertiary/aromatic N) is 2. The van der Waals surface area contributed by atoms with Gasteiger partial charge in [0, 0.05) is 21.7 Å². The van der Waals surface area contributed by atoms with Crippen LogP contribution >= 0.6 is 15.9 Å². The predicted octanol–water partition coefficient (Wildman–Crippen LogP) is 4.74. The molecular formula is C24H19BrN4O2. The number of pyridine rings is 2. The van der Waals surface area contributed by atoms with E-state index in [1.54, 1.807) is 12.3 Å². The number of hydrogen-bond acceptors (Lipinski definition) is 4. The van der Waals surface area contributed by atoms with Gasteiger partial charge in [-0.25, -0.2) is 4.98 Å². The number of carbonyl (C=O) groups excluding carboxylic acids is 2. The summed E-state index contributed by atoms with van der Waals surface area (Å²) in [7, 11) is 0. The quantitative estimate of drug-likeness (QED) is 0.437. The summed E-state index contributed by atoms with van der Waals surface area (Å²) in [6.07, 6.45) is 1.68. The number of carbonyl (C=O) groups is 2. The van der Waals surface area contributed by atoms with Gasteiger partial charge in [0.1, 0.15) is 0 Å². The molecule has 2 aromatic carbocycles. The third kappa shape index (κ3) is 4.78. The van der Waals surface area contributed by atoms with Crippen LogP contribution in [0.3, 0.4) is 0 Å². The highest BCUT2D eigenvalue weighted by molar-refractivity contribution is 9.10. The van der Waals surface area contributed by atoms with Crippen LogP contribution < -0.4 is 10.6 Å². The Kier molecular flexibility index (Phi) is 6.04. The monoisotopic (exact) mass is 474 g/mol. The Bertz CT molecular complexity index is 1280. The second-order valence-corrected chi connectivity index (χ2v) is 7.89. The number of rotatable bonds is 5. The second-order valence-electron chi connectivity index (χ2n) is 6.98. The molecule has 0 aliphatic carbocycles. The van der Waals surface area contributed by atoms with Crippen LogP contribution in [0.25, 0.3) is 22.3 Å². The molecule has 4 rings (SSSR count). The molecule has 2 heterocycles. The Morgan fingerprint density at radius 1 is 0.968 bits per heavy atom. The SMILES string of the molecule is Cc1cc(Br)ccc1NC(=O)CNC(=O)c1cc(-c2ccccn2)nc2ccccc12. The van der Waals surface area contributed by atoms with E-state index < -0.39 is 0 Å². The average Bonchev–Trinajstić information content (AvgIpc) is 2.79. The number of amides is 2. The summed E-state index contributed by atoms with van der Waals surface area (Å²) in [4.78, 5) is 34.3. The highest BCUT2D eigenvalue weighted by Gasteiger charge is 2.15. The number of aromatic nitrogens is 2. The molecule has 2 amide bonds. The Labute approximate surface area is 187 Å². The normalized spacial score (nSPS) is 10.6. The summed E-state index contributed by atoms with van der Waals surface area (Å²) < 4.78 is 0.935. The van der Waals surface area contributed by atoms with E-state index in [0.29, 0.717) is 33.5 Å². The van der Waals surface area contributed by atoms with Gasteiger partial charge in [0.25, 0.3) is 5.91 Å². The molecule has 2 N–H and O–H groups in total. The van der Waals surface area contributed by atoms with Gasteiger partial charge >= 0.3 is 0 Å². The van der Waals surface area contributed by atoms with E-state index in [-0.39, 0.29) is 18.4 Å². The van der Waals surface area contributed by atoms with Gasteiger partial charge in [-0.05, 0) is 55.0 Å². The Balaban J connectivity index is 1.55. The molecule has 6 nitrogen and oxygen atoms in total. The number of halogens is 1. The number of anilines is 1. The van der Waals surface area contributed by atoms with Crippen LogP contribution in [-0.4, -0.2) is 28.3 Å². The van der Waals surface area contributed by atoms with E-state index in [4.69, 9.17) is 0 Å². The maximum Gasteiger partial charge on any atom is 0.252 e. The third-order valence-electron chi connectivity index (χ3n) is 4.76. The van der Waals surface area contributed by atoms with Gasteiger partial charge in [-0.15, -0.1) is 0 Å². The van der Waals surface area contributed by atoms with Crippen molar-refractivity contribution >= 4 is 44.3 Å². The van der Waals surface area contributed by atoms with Gasteiger partial charge in [0.05, 0.1) is 29.0 Å². The third-order valence-corrected chi connectivity index (χ3v) is 5.25. The summed E-state index contributed by atoms with van der Waals surface area (Å²) in [6, 6.07) is 20.2. The van der Waals surface area contributed by atoms with E-state index in [1.165, 1.54) is 0 Å². The van der Waals surface area contributed by atoms with Crippen molar-refractivity contribution in [1.29, 1.82) is 0 Å². The van der Waals surface area contributed by atoms with Crippen LogP contribution in [0.1, 0.15) is 15.9 Å². The predicted molar refractivity (Wildman–Crippen MR) is 125 cm³/mol. The van der Waals surface area contributed by atoms with Crippen LogP contribution in [0.2, 0.25) is 0 Å². The van der Waals surface area contributed by atoms with Gasteiger partial charge < -0.3 is 10.6 Å². The van der Waals surface area contributed by atoms with E-state index in [9.17, 15) is 9.59 Å². The maximum atomic E-state index is 13.0. The number of benzene rings is 2. The number of aryl methyl sites for hydroxylation is 1. The lowest BCUT2D eigenvalue weighted by Crippen LogP contribution is -2.33. The molecule has 0 aliphatic heterocycles. The van der Waals surface area contributed by atoms with Crippen molar-refractivity contribution in [2.24, 2.45) is 0 Å². The molecule has 0 unspecified atom stereocenters. The van der Waals surface area contributed by atoms with Crippen molar-refractivity contribution in [2.45, 2.75) is 6.92 Å². The molecule has 0 bridgehead atoms. The van der Waals surface area contributed by atoms with Crippen molar-refractivity contribution in [3.05, 3.63) is 88.5 Å². The van der Waals surface area contributed by atoms with Gasteiger partial charge in [-0.2, -0.15) is 0 Å².